The monoisotopic (exact) mass is 2150 g/mol. The van der Waals surface area contributed by atoms with Crippen molar-refractivity contribution in [3.05, 3.63) is 0 Å². The zero-order chi connectivity index (χ0) is 108. The van der Waals surface area contributed by atoms with Crippen molar-refractivity contribution in [1.82, 2.24) is 26.6 Å². The van der Waals surface area contributed by atoms with Gasteiger partial charge in [0, 0.05) is 34.6 Å². The lowest BCUT2D eigenvalue weighted by molar-refractivity contribution is -0.407. The number of aliphatic hydroxyl groups is 32. The number of ether oxygens (including phenoxy) is 23. The Morgan fingerprint density at radius 3 is 0.762 bits per heavy atom. The van der Waals surface area contributed by atoms with Gasteiger partial charge in [0.1, 0.15) is 287 Å². The Morgan fingerprint density at radius 1 is 0.190 bits per heavy atom. The Kier molecular flexibility index (Phi) is 43.4. The number of amides is 5. The number of rotatable bonds is 38. The molecule has 0 saturated carbocycles. The quantitative estimate of drug-likeness (QED) is 0.0273. The van der Waals surface area contributed by atoms with Crippen LogP contribution in [-0.2, 0) is 133 Å². The number of carbonyl (C=O) groups excluding carboxylic acids is 5. The van der Waals surface area contributed by atoms with Crippen LogP contribution in [0.3, 0.4) is 0 Å². The van der Waals surface area contributed by atoms with Gasteiger partial charge in [0.15, 0.2) is 75.5 Å². The smallest absolute Gasteiger partial charge is 0.217 e. The number of carbonyl (C=O) groups is 5. The van der Waals surface area contributed by atoms with E-state index >= 15 is 0 Å². The summed E-state index contributed by atoms with van der Waals surface area (Å²) >= 11 is 0. The van der Waals surface area contributed by atoms with E-state index in [0.29, 0.717) is 0 Å². The predicted molar refractivity (Wildman–Crippen MR) is 452 cm³/mol. The molecule has 12 rings (SSSR count). The van der Waals surface area contributed by atoms with Gasteiger partial charge < -0.3 is 299 Å². The molecule has 0 bridgehead atoms. The van der Waals surface area contributed by atoms with Crippen molar-refractivity contribution in [1.29, 1.82) is 0 Å². The fraction of sp³-hybridized carbons (Fsp3) is 0.939. The van der Waals surface area contributed by atoms with Crippen LogP contribution in [-0.4, -0.2) is 634 Å². The number of nitrogens with one attached hydrogen (secondary N) is 5. The molecule has 0 radical (unpaired) electrons. The highest BCUT2D eigenvalue weighted by Crippen LogP contribution is 2.43. The lowest BCUT2D eigenvalue weighted by atomic mass is 9.93. The van der Waals surface area contributed by atoms with E-state index in [1.807, 2.05) is 0 Å². The molecule has 0 spiro atoms. The van der Waals surface area contributed by atoms with E-state index in [4.69, 9.17) is 109 Å². The first-order chi connectivity index (χ1) is 69.5. The fourth-order valence-corrected chi connectivity index (χ4v) is 19.2. The third kappa shape index (κ3) is 26.8. The van der Waals surface area contributed by atoms with Gasteiger partial charge in [0.25, 0.3) is 0 Å². The van der Waals surface area contributed by atoms with Crippen molar-refractivity contribution in [3.8, 4) is 0 Å². The van der Waals surface area contributed by atoms with E-state index < -0.39 is 470 Å². The van der Waals surface area contributed by atoms with E-state index in [2.05, 4.69) is 26.6 Å². The minimum atomic E-state index is -2.81. The average molecular weight is 2150 g/mol. The molecule has 65 nitrogen and oxygen atoms in total. The minimum absolute atomic E-state index is 0.856. The van der Waals surface area contributed by atoms with E-state index in [0.717, 1.165) is 34.6 Å². The molecule has 60 atom stereocenters. The first-order valence-electron chi connectivity index (χ1n) is 47.0. The van der Waals surface area contributed by atoms with Crippen molar-refractivity contribution in [3.63, 3.8) is 0 Å². The van der Waals surface area contributed by atoms with Crippen LogP contribution in [0, 0.1) is 0 Å². The van der Waals surface area contributed by atoms with Gasteiger partial charge in [-0.25, -0.2) is 0 Å². The third-order valence-corrected chi connectivity index (χ3v) is 27.0. The summed E-state index contributed by atoms with van der Waals surface area (Å²) in [7, 11) is 0. The molecule has 12 heterocycles. The van der Waals surface area contributed by atoms with Crippen LogP contribution in [0.4, 0.5) is 0 Å². The molecule has 5 amide bonds. The zero-order valence-corrected chi connectivity index (χ0v) is 79.2. The molecule has 12 fully saturated rings. The molecule has 0 aromatic carbocycles. The molecular weight excluding hydrogens is 2010 g/mol. The summed E-state index contributed by atoms with van der Waals surface area (Å²) < 4.78 is 139. The van der Waals surface area contributed by atoms with Gasteiger partial charge >= 0.3 is 0 Å². The molecule has 0 unspecified atom stereocenters. The lowest BCUT2D eigenvalue weighted by Gasteiger charge is -2.52. The van der Waals surface area contributed by atoms with Crippen LogP contribution in [0.1, 0.15) is 41.5 Å². The lowest BCUT2D eigenvalue weighted by Crippen LogP contribution is -2.71. The van der Waals surface area contributed by atoms with Crippen LogP contribution in [0.2, 0.25) is 0 Å². The topological polar surface area (TPSA) is 1010 Å². The summed E-state index contributed by atoms with van der Waals surface area (Å²) in [5.74, 6) is -5.06. The molecule has 0 aromatic rings. The fourth-order valence-electron chi connectivity index (χ4n) is 19.2. The maximum atomic E-state index is 13.5. The van der Waals surface area contributed by atoms with Gasteiger partial charge in [-0.15, -0.1) is 0 Å². The maximum absolute atomic E-state index is 13.5. The molecular formula is C82H137N5O60. The van der Waals surface area contributed by atoms with Gasteiger partial charge in [-0.1, -0.05) is 0 Å². The van der Waals surface area contributed by atoms with Crippen LogP contribution >= 0.6 is 0 Å². The molecule has 850 valence electrons. The van der Waals surface area contributed by atoms with Gasteiger partial charge in [0.2, 0.25) is 29.5 Å². The molecule has 12 aliphatic heterocycles. The van der Waals surface area contributed by atoms with Crippen molar-refractivity contribution in [2.24, 2.45) is 0 Å². The first-order valence-corrected chi connectivity index (χ1v) is 47.0. The Bertz CT molecular complexity index is 4110. The predicted octanol–water partition coefficient (Wildman–Crippen LogP) is -25.4. The first kappa shape index (κ1) is 121. The second-order valence-corrected chi connectivity index (χ2v) is 37.3. The number of hydrogen-bond donors (Lipinski definition) is 37. The van der Waals surface area contributed by atoms with Crippen molar-refractivity contribution >= 4 is 29.5 Å². The van der Waals surface area contributed by atoms with Gasteiger partial charge in [-0.2, -0.15) is 0 Å². The molecule has 65 heteroatoms. The molecule has 0 aliphatic carbocycles. The molecule has 0 aromatic heterocycles. The molecule has 37 N–H and O–H groups in total. The van der Waals surface area contributed by atoms with Gasteiger partial charge in [-0.3, -0.25) is 24.0 Å². The average Bonchev–Trinajstić information content (AvgIpc) is 0.757. The van der Waals surface area contributed by atoms with E-state index in [-0.39, 0.29) is 0 Å². The third-order valence-electron chi connectivity index (χ3n) is 27.0. The molecule has 147 heavy (non-hydrogen) atoms. The highest BCUT2D eigenvalue weighted by atomic mass is 16.8. The maximum Gasteiger partial charge on any atom is 0.217 e. The SMILES string of the molecule is CC(=O)N[C@@H]1[C@@H](O)[C@H](O[C@@H]2O[C@H](CO)[C@@H](O[C@@H]3O[C@H](CO[C@H]4O[C@H](CO)[C@@H](O)[C@H](O)[C@@H]4O[C@@H]4O[C@H](CO)[C@@H](O[C@@H]5O[C@H](CO)[C@H](O)[C@H](O)[C@H]5O)[C@H](O)[C@H]4NC(C)=O)[C@@H](O)[C@H](O[C@H]4O[C@H](CO)[C@@H](O[C@@H]5O[C@H](CO)[C@@H](O[C@@H]6O[C@H](CO)[C@H](O)[C@H](O)[C@H]6O)[C@H](O)[C@H]5NC(C)=O)[C@H](O)[C@@H]4O[C@@H]4O[C@H](CO)[C@@H](O[C@@H]5O[C@H](CO)[C@H](O)[C@H](O)[C@H]5O)[C@H](O)[C@H]4NC(C)=O)[C@@H]3O)[C@H](O)[C@H]2NC(C)=O)[C@@H](CO[C@H]2O[C@H](C)[C@H](O)[C@H](O)[C@H]2O)O[C@H]1O. The molecule has 12 saturated heterocycles. The zero-order valence-electron chi connectivity index (χ0n) is 79.2. The van der Waals surface area contributed by atoms with Crippen LogP contribution < -0.4 is 26.6 Å². The van der Waals surface area contributed by atoms with E-state index in [9.17, 15) is 187 Å². The van der Waals surface area contributed by atoms with Crippen LogP contribution in [0.15, 0.2) is 0 Å². The van der Waals surface area contributed by atoms with Gasteiger partial charge in [0.05, 0.1) is 78.8 Å². The highest BCUT2D eigenvalue weighted by Gasteiger charge is 2.64. The Balaban J connectivity index is 0.929. The standard InChI is InChI=1S/C82H137N5O60/c1-18-40(102)51(113)56(118)76(127-18)125-17-34-67(46(108)35(71(124)128-34)83-19(2)97)140-73-37(85-21(4)99)48(110)65(31(14-95)134-73)144-80-61(123)68(45(107)33(138-80)16-126-81-69(55(117)44(106)27(10-91)132-81)146-74-38(86-22(5)100)49(111)63(29(12-93)135-74)142-78-58(120)53(115)42(104)25(8-89)130-78)145-82-70(147-75-39(87-23(6)101)50(112)64(30(13-94)136-75)143-79-59(121)54(116)43(105)26(9-90)131-79)60(122)66(32(15-96)137-82)139-72-36(84-20(3)98)47(109)62(28(11-92)133-72)141-77-57(119)52(114)41(103)24(7-88)129-77/h18,24-82,88-96,102-124H,7-17H2,1-6H3,(H,83,97)(H,84,98)(H,85,99)(H,86,100)(H,87,101)/t18-,24-,25-,26-,27-,28-,29-,30-,31-,32-,33-,34-,35-,36-,37-,38-,39-,40+,41+,42+,43+,44-,45-,46-,47-,48-,49-,50-,51+,52+,53+,54+,55+,56-,57-,58-,59-,60+,61+,62-,63-,64-,65-,66-,67-,68+,69+,70+,71-,72+,73+,74+,75+,76+,77+,78+,79+,80+,81+,82-/m1/s1. The Hall–Kier alpha value is -4.85. The highest BCUT2D eigenvalue weighted by molar-refractivity contribution is 5.75. The normalized spacial score (nSPS) is 49.6. The van der Waals surface area contributed by atoms with Crippen molar-refractivity contribution < 1.29 is 296 Å². The summed E-state index contributed by atoms with van der Waals surface area (Å²) in [6.45, 7) is -7.27. The second-order valence-electron chi connectivity index (χ2n) is 37.3. The Morgan fingerprint density at radius 2 is 0.422 bits per heavy atom. The van der Waals surface area contributed by atoms with E-state index in [1.165, 1.54) is 6.92 Å². The van der Waals surface area contributed by atoms with Crippen molar-refractivity contribution in [2.75, 3.05) is 72.7 Å². The largest absolute Gasteiger partial charge is 0.394 e. The summed E-state index contributed by atoms with van der Waals surface area (Å²) in [5, 5.41) is 374. The summed E-state index contributed by atoms with van der Waals surface area (Å²) in [4.78, 5) is 66.0. The number of aliphatic hydroxyl groups excluding tert-OH is 32. The van der Waals surface area contributed by atoms with E-state index in [1.54, 1.807) is 0 Å². The van der Waals surface area contributed by atoms with Crippen LogP contribution in [0.25, 0.3) is 0 Å². The summed E-state index contributed by atoms with van der Waals surface area (Å²) in [6, 6.07) is -10.2. The molecule has 12 aliphatic rings. The van der Waals surface area contributed by atoms with Crippen LogP contribution in [0.5, 0.6) is 0 Å². The second kappa shape index (κ2) is 52.8. The number of hydrogen-bond acceptors (Lipinski definition) is 60. The summed E-state index contributed by atoms with van der Waals surface area (Å²) in [5.41, 5.74) is 0. The summed E-state index contributed by atoms with van der Waals surface area (Å²) in [6.07, 6.45) is -119. The minimum Gasteiger partial charge on any atom is -0.394 e. The van der Waals surface area contributed by atoms with Crippen molar-refractivity contribution in [2.45, 2.75) is 410 Å². The van der Waals surface area contributed by atoms with Gasteiger partial charge in [-0.05, 0) is 6.92 Å². The Labute approximate surface area is 832 Å².